The summed E-state index contributed by atoms with van der Waals surface area (Å²) in [4.78, 5) is 10.1. The highest BCUT2D eigenvalue weighted by Crippen LogP contribution is 2.35. The monoisotopic (exact) mass is 323 g/mol. The van der Waals surface area contributed by atoms with Crippen molar-refractivity contribution in [1.29, 1.82) is 5.41 Å². The van der Waals surface area contributed by atoms with Gasteiger partial charge in [-0.1, -0.05) is 6.07 Å². The summed E-state index contributed by atoms with van der Waals surface area (Å²) in [5.41, 5.74) is 5.86. The zero-order valence-electron chi connectivity index (χ0n) is 11.6. The van der Waals surface area contributed by atoms with E-state index < -0.39 is 4.92 Å². The molecule has 0 radical (unpaired) electrons. The number of amidine groups is 1. The molecule has 2 rings (SSSR count). The van der Waals surface area contributed by atoms with Gasteiger partial charge in [0.15, 0.2) is 11.5 Å². The Morgan fingerprint density at radius 2 is 1.86 bits per heavy atom. The largest absolute Gasteiger partial charge is 0.493 e. The zero-order valence-corrected chi connectivity index (χ0v) is 12.4. The van der Waals surface area contributed by atoms with Crippen LogP contribution in [0.3, 0.4) is 0 Å². The molecule has 22 heavy (non-hydrogen) atoms. The molecule has 0 unspecified atom stereocenters. The molecular formula is C14H14ClN3O4. The predicted octanol–water partition coefficient (Wildman–Crippen LogP) is 3.10. The summed E-state index contributed by atoms with van der Waals surface area (Å²) in [5.74, 6) is 0.931. The van der Waals surface area contributed by atoms with E-state index >= 15 is 0 Å². The molecule has 0 spiro atoms. The molecule has 0 heterocycles. The molecule has 0 aliphatic carbocycles. The lowest BCUT2D eigenvalue weighted by atomic mass is 10.1. The third-order valence-corrected chi connectivity index (χ3v) is 2.76. The van der Waals surface area contributed by atoms with Crippen LogP contribution >= 0.6 is 12.4 Å². The normalized spacial score (nSPS) is 9.50. The van der Waals surface area contributed by atoms with Crippen LogP contribution in [0.1, 0.15) is 5.56 Å². The number of nitrogens with one attached hydrogen (secondary N) is 1. The van der Waals surface area contributed by atoms with Gasteiger partial charge < -0.3 is 15.2 Å². The number of benzene rings is 2. The van der Waals surface area contributed by atoms with Gasteiger partial charge in [-0.3, -0.25) is 15.5 Å². The maximum atomic E-state index is 10.6. The molecule has 0 amide bonds. The summed E-state index contributed by atoms with van der Waals surface area (Å²) >= 11 is 0. The van der Waals surface area contributed by atoms with Crippen molar-refractivity contribution >= 4 is 23.9 Å². The third kappa shape index (κ3) is 3.64. The number of nitrogens with zero attached hydrogens (tertiary/aromatic N) is 1. The summed E-state index contributed by atoms with van der Waals surface area (Å²) in [6.45, 7) is 0. The summed E-state index contributed by atoms with van der Waals surface area (Å²) in [7, 11) is 1.47. The van der Waals surface area contributed by atoms with Crippen molar-refractivity contribution in [3.63, 3.8) is 0 Å². The fourth-order valence-electron chi connectivity index (χ4n) is 1.75. The first kappa shape index (κ1) is 17.3. The Labute approximate surface area is 132 Å². The van der Waals surface area contributed by atoms with E-state index in [0.29, 0.717) is 22.8 Å². The van der Waals surface area contributed by atoms with Gasteiger partial charge in [0.2, 0.25) is 0 Å². The molecule has 2 aromatic rings. The lowest BCUT2D eigenvalue weighted by molar-refractivity contribution is -0.384. The Hall–Kier alpha value is -2.80. The molecule has 8 heteroatoms. The van der Waals surface area contributed by atoms with Gasteiger partial charge in [-0.05, 0) is 24.3 Å². The summed E-state index contributed by atoms with van der Waals surface area (Å²) in [5, 5.41) is 18.2. The predicted molar refractivity (Wildman–Crippen MR) is 84.4 cm³/mol. The van der Waals surface area contributed by atoms with Gasteiger partial charge in [0.25, 0.3) is 5.69 Å². The molecule has 0 aliphatic heterocycles. The van der Waals surface area contributed by atoms with E-state index in [9.17, 15) is 10.1 Å². The van der Waals surface area contributed by atoms with Crippen molar-refractivity contribution in [2.75, 3.05) is 7.11 Å². The maximum absolute atomic E-state index is 10.6. The van der Waals surface area contributed by atoms with Crippen LogP contribution in [-0.2, 0) is 0 Å². The molecule has 3 N–H and O–H groups in total. The van der Waals surface area contributed by atoms with Crippen LogP contribution in [0.25, 0.3) is 0 Å². The lowest BCUT2D eigenvalue weighted by Gasteiger charge is -2.13. The van der Waals surface area contributed by atoms with E-state index in [1.165, 1.54) is 31.4 Å². The number of hydrogen-bond acceptors (Lipinski definition) is 5. The van der Waals surface area contributed by atoms with Crippen LogP contribution in [0.4, 0.5) is 5.69 Å². The third-order valence-electron chi connectivity index (χ3n) is 2.76. The smallest absolute Gasteiger partial charge is 0.269 e. The molecular weight excluding hydrogens is 310 g/mol. The fourth-order valence-corrected chi connectivity index (χ4v) is 1.75. The van der Waals surface area contributed by atoms with Crippen LogP contribution in [0, 0.1) is 15.5 Å². The van der Waals surface area contributed by atoms with Crippen molar-refractivity contribution in [2.24, 2.45) is 5.73 Å². The Kier molecular flexibility index (Phi) is 5.71. The number of para-hydroxylation sites is 1. The average Bonchev–Trinajstić information content (AvgIpc) is 2.47. The van der Waals surface area contributed by atoms with Gasteiger partial charge in [-0.25, -0.2) is 0 Å². The molecule has 0 bridgehead atoms. The van der Waals surface area contributed by atoms with Gasteiger partial charge in [-0.15, -0.1) is 12.4 Å². The molecule has 2 aromatic carbocycles. The van der Waals surface area contributed by atoms with Crippen LogP contribution < -0.4 is 15.2 Å². The van der Waals surface area contributed by atoms with Gasteiger partial charge >= 0.3 is 0 Å². The number of ether oxygens (including phenoxy) is 2. The molecule has 0 saturated heterocycles. The minimum atomic E-state index is -0.492. The highest BCUT2D eigenvalue weighted by molar-refractivity contribution is 5.98. The standard InChI is InChI=1S/C14H13N3O4.ClH/c1-20-12-4-2-3-11(14(15)16)13(12)21-10-7-5-9(6-8-10)17(18)19;/h2-8H,1H3,(H3,15,16);1H. The van der Waals surface area contributed by atoms with E-state index in [1.54, 1.807) is 18.2 Å². The highest BCUT2D eigenvalue weighted by Gasteiger charge is 2.14. The number of nitro benzene ring substituents is 1. The van der Waals surface area contributed by atoms with Gasteiger partial charge in [0, 0.05) is 12.1 Å². The van der Waals surface area contributed by atoms with Gasteiger partial charge in [0.05, 0.1) is 17.6 Å². The Bertz CT molecular complexity index is 689. The molecule has 7 nitrogen and oxygen atoms in total. The van der Waals surface area contributed by atoms with E-state index in [1.807, 2.05) is 0 Å². The minimum absolute atomic E-state index is 0. The van der Waals surface area contributed by atoms with Crippen molar-refractivity contribution in [2.45, 2.75) is 0 Å². The minimum Gasteiger partial charge on any atom is -0.493 e. The van der Waals surface area contributed by atoms with Crippen LogP contribution in [0.2, 0.25) is 0 Å². The van der Waals surface area contributed by atoms with Crippen LogP contribution in [-0.4, -0.2) is 17.9 Å². The van der Waals surface area contributed by atoms with E-state index in [0.717, 1.165) is 0 Å². The van der Waals surface area contributed by atoms with Crippen molar-refractivity contribution < 1.29 is 14.4 Å². The number of nitrogens with two attached hydrogens (primary N) is 1. The van der Waals surface area contributed by atoms with Crippen molar-refractivity contribution in [1.82, 2.24) is 0 Å². The van der Waals surface area contributed by atoms with Gasteiger partial charge in [0.1, 0.15) is 11.6 Å². The highest BCUT2D eigenvalue weighted by atomic mass is 35.5. The number of halogens is 1. The van der Waals surface area contributed by atoms with Crippen molar-refractivity contribution in [3.8, 4) is 17.2 Å². The Morgan fingerprint density at radius 1 is 1.23 bits per heavy atom. The first-order chi connectivity index (χ1) is 10.0. The van der Waals surface area contributed by atoms with Crippen molar-refractivity contribution in [3.05, 3.63) is 58.1 Å². The molecule has 0 aromatic heterocycles. The number of nitro groups is 1. The summed E-state index contributed by atoms with van der Waals surface area (Å²) < 4.78 is 10.8. The molecule has 0 atom stereocenters. The van der Waals surface area contributed by atoms with E-state index in [2.05, 4.69) is 0 Å². The molecule has 0 aliphatic rings. The van der Waals surface area contributed by atoms with Crippen LogP contribution in [0.15, 0.2) is 42.5 Å². The van der Waals surface area contributed by atoms with Gasteiger partial charge in [-0.2, -0.15) is 0 Å². The first-order valence-corrected chi connectivity index (χ1v) is 5.96. The second kappa shape index (κ2) is 7.28. The Morgan fingerprint density at radius 3 is 2.36 bits per heavy atom. The van der Waals surface area contributed by atoms with E-state index in [4.69, 9.17) is 20.6 Å². The number of non-ortho nitro benzene ring substituents is 1. The quantitative estimate of drug-likeness (QED) is 0.380. The van der Waals surface area contributed by atoms with E-state index in [-0.39, 0.29) is 23.9 Å². The number of nitrogen functional groups attached to an aromatic ring is 1. The second-order valence-electron chi connectivity index (χ2n) is 4.10. The first-order valence-electron chi connectivity index (χ1n) is 5.96. The molecule has 0 fully saturated rings. The maximum Gasteiger partial charge on any atom is 0.269 e. The fraction of sp³-hybridized carbons (Fsp3) is 0.0714. The summed E-state index contributed by atoms with van der Waals surface area (Å²) in [6.07, 6.45) is 0. The number of rotatable bonds is 5. The molecule has 116 valence electrons. The molecule has 0 saturated carbocycles. The number of methoxy groups -OCH3 is 1. The Balaban J connectivity index is 0.00000242. The number of hydrogen-bond donors (Lipinski definition) is 2. The topological polar surface area (TPSA) is 111 Å². The lowest BCUT2D eigenvalue weighted by Crippen LogP contribution is -2.12. The average molecular weight is 324 g/mol. The SMILES string of the molecule is COc1cccc(C(=N)N)c1Oc1ccc([N+](=O)[O-])cc1.Cl. The second-order valence-corrected chi connectivity index (χ2v) is 4.10. The zero-order chi connectivity index (χ0) is 15.4. The van der Waals surface area contributed by atoms with Crippen LogP contribution in [0.5, 0.6) is 17.2 Å². The summed E-state index contributed by atoms with van der Waals surface area (Å²) in [6, 6.07) is 10.6.